The third kappa shape index (κ3) is 3.46. The fourth-order valence-corrected chi connectivity index (χ4v) is 3.38. The molecule has 0 saturated carbocycles. The van der Waals surface area contributed by atoms with Crippen molar-refractivity contribution < 1.29 is 4.79 Å². The lowest BCUT2D eigenvalue weighted by atomic mass is 10.1. The molecule has 0 saturated heterocycles. The van der Waals surface area contributed by atoms with Crippen LogP contribution in [-0.2, 0) is 0 Å². The number of nitrogens with one attached hydrogen (secondary N) is 1. The van der Waals surface area contributed by atoms with E-state index in [2.05, 4.69) is 10.3 Å². The Morgan fingerprint density at radius 3 is 2.48 bits per heavy atom. The van der Waals surface area contributed by atoms with Gasteiger partial charge in [-0.3, -0.25) is 4.79 Å². The number of carbonyl (C=O) groups is 1. The molecule has 2 heterocycles. The van der Waals surface area contributed by atoms with Gasteiger partial charge in [-0.15, -0.1) is 0 Å². The van der Waals surface area contributed by atoms with Crippen molar-refractivity contribution in [2.45, 2.75) is 19.8 Å². The summed E-state index contributed by atoms with van der Waals surface area (Å²) < 4.78 is 1.91. The van der Waals surface area contributed by atoms with Gasteiger partial charge in [-0.05, 0) is 42.3 Å². The molecule has 118 valence electrons. The van der Waals surface area contributed by atoms with Crippen molar-refractivity contribution in [2.24, 2.45) is 0 Å². The standard InChI is InChI=1S/C17H16ClN3OS/c1-11(2)14-15(23-17(20-14)21-9-3-4-10-21)16(22)19-13-7-5-12(18)6-8-13/h3-11H,1-2H3,(H,19,22). The molecule has 0 aliphatic carbocycles. The van der Waals surface area contributed by atoms with E-state index in [1.54, 1.807) is 24.3 Å². The van der Waals surface area contributed by atoms with Gasteiger partial charge in [0.25, 0.3) is 5.91 Å². The Morgan fingerprint density at radius 1 is 1.22 bits per heavy atom. The Labute approximate surface area is 143 Å². The summed E-state index contributed by atoms with van der Waals surface area (Å²) in [6.45, 7) is 4.07. The van der Waals surface area contributed by atoms with Crippen LogP contribution in [0.5, 0.6) is 0 Å². The number of rotatable bonds is 4. The van der Waals surface area contributed by atoms with E-state index in [-0.39, 0.29) is 11.8 Å². The van der Waals surface area contributed by atoms with Crippen LogP contribution in [0.3, 0.4) is 0 Å². The average molecular weight is 346 g/mol. The molecule has 2 aromatic heterocycles. The Balaban J connectivity index is 1.91. The minimum absolute atomic E-state index is 0.146. The number of halogens is 1. The Bertz CT molecular complexity index is 807. The van der Waals surface area contributed by atoms with E-state index in [9.17, 15) is 4.79 Å². The SMILES string of the molecule is CC(C)c1nc(-n2cccc2)sc1C(=O)Nc1ccc(Cl)cc1. The van der Waals surface area contributed by atoms with Gasteiger partial charge in [-0.1, -0.05) is 36.8 Å². The molecule has 3 rings (SSSR count). The molecule has 0 unspecified atom stereocenters. The Morgan fingerprint density at radius 2 is 1.87 bits per heavy atom. The van der Waals surface area contributed by atoms with E-state index in [4.69, 9.17) is 11.6 Å². The maximum atomic E-state index is 12.6. The number of benzene rings is 1. The van der Waals surface area contributed by atoms with Crippen molar-refractivity contribution in [2.75, 3.05) is 5.32 Å². The molecular weight excluding hydrogens is 330 g/mol. The molecule has 0 bridgehead atoms. The lowest BCUT2D eigenvalue weighted by Crippen LogP contribution is -2.12. The summed E-state index contributed by atoms with van der Waals surface area (Å²) in [6.07, 6.45) is 3.84. The molecule has 6 heteroatoms. The van der Waals surface area contributed by atoms with E-state index in [0.29, 0.717) is 15.6 Å². The number of hydrogen-bond acceptors (Lipinski definition) is 3. The molecule has 1 amide bonds. The monoisotopic (exact) mass is 345 g/mol. The summed E-state index contributed by atoms with van der Waals surface area (Å²) in [4.78, 5) is 17.9. The second-order valence-corrected chi connectivity index (χ2v) is 6.83. The highest BCUT2D eigenvalue weighted by Gasteiger charge is 2.21. The number of aromatic nitrogens is 2. The second-order valence-electron chi connectivity index (χ2n) is 5.42. The van der Waals surface area contributed by atoms with Crippen LogP contribution < -0.4 is 5.32 Å². The molecule has 0 fully saturated rings. The quantitative estimate of drug-likeness (QED) is 0.726. The summed E-state index contributed by atoms with van der Waals surface area (Å²) >= 11 is 7.26. The fraction of sp³-hybridized carbons (Fsp3) is 0.176. The van der Waals surface area contributed by atoms with Crippen LogP contribution in [0, 0.1) is 0 Å². The van der Waals surface area contributed by atoms with Crippen LogP contribution in [-0.4, -0.2) is 15.5 Å². The van der Waals surface area contributed by atoms with Crippen LogP contribution in [0.4, 0.5) is 5.69 Å². The van der Waals surface area contributed by atoms with Gasteiger partial charge in [0.15, 0.2) is 5.13 Å². The van der Waals surface area contributed by atoms with Gasteiger partial charge in [-0.25, -0.2) is 4.98 Å². The van der Waals surface area contributed by atoms with Crippen molar-refractivity contribution in [1.82, 2.24) is 9.55 Å². The Hall–Kier alpha value is -2.11. The first-order valence-corrected chi connectivity index (χ1v) is 8.45. The summed E-state index contributed by atoms with van der Waals surface area (Å²) in [6, 6.07) is 10.9. The molecule has 0 atom stereocenters. The van der Waals surface area contributed by atoms with Crippen LogP contribution >= 0.6 is 22.9 Å². The first kappa shape index (κ1) is 15.8. The highest BCUT2D eigenvalue weighted by molar-refractivity contribution is 7.16. The van der Waals surface area contributed by atoms with Crippen LogP contribution in [0.25, 0.3) is 5.13 Å². The number of carbonyl (C=O) groups excluding carboxylic acids is 1. The molecular formula is C17H16ClN3OS. The van der Waals surface area contributed by atoms with E-state index in [0.717, 1.165) is 10.8 Å². The first-order chi connectivity index (χ1) is 11.0. The van der Waals surface area contributed by atoms with E-state index >= 15 is 0 Å². The zero-order valence-corrected chi connectivity index (χ0v) is 14.4. The van der Waals surface area contributed by atoms with Crippen LogP contribution in [0.1, 0.15) is 35.1 Å². The van der Waals surface area contributed by atoms with Crippen molar-refractivity contribution >= 4 is 34.5 Å². The molecule has 0 spiro atoms. The Kier molecular flexibility index (Phi) is 4.50. The van der Waals surface area contributed by atoms with Crippen molar-refractivity contribution in [3.63, 3.8) is 0 Å². The molecule has 23 heavy (non-hydrogen) atoms. The molecule has 3 aromatic rings. The van der Waals surface area contributed by atoms with Gasteiger partial charge in [0, 0.05) is 23.1 Å². The topological polar surface area (TPSA) is 46.9 Å². The minimum atomic E-state index is -0.146. The lowest BCUT2D eigenvalue weighted by molar-refractivity contribution is 0.102. The van der Waals surface area contributed by atoms with Crippen molar-refractivity contribution in [1.29, 1.82) is 0 Å². The van der Waals surface area contributed by atoms with Crippen molar-refractivity contribution in [3.8, 4) is 5.13 Å². The maximum absolute atomic E-state index is 12.6. The third-order valence-corrected chi connectivity index (χ3v) is 4.66. The van der Waals surface area contributed by atoms with E-state index in [1.807, 2.05) is 42.9 Å². The number of thiazole rings is 1. The molecule has 0 radical (unpaired) electrons. The van der Waals surface area contributed by atoms with Crippen LogP contribution in [0.15, 0.2) is 48.8 Å². The molecule has 4 nitrogen and oxygen atoms in total. The maximum Gasteiger partial charge on any atom is 0.267 e. The first-order valence-electron chi connectivity index (χ1n) is 7.25. The lowest BCUT2D eigenvalue weighted by Gasteiger charge is -2.06. The summed E-state index contributed by atoms with van der Waals surface area (Å²) in [7, 11) is 0. The number of hydrogen-bond donors (Lipinski definition) is 1. The van der Waals surface area contributed by atoms with Gasteiger partial charge in [0.1, 0.15) is 4.88 Å². The third-order valence-electron chi connectivity index (χ3n) is 3.32. The highest BCUT2D eigenvalue weighted by atomic mass is 35.5. The van der Waals surface area contributed by atoms with Gasteiger partial charge >= 0.3 is 0 Å². The smallest absolute Gasteiger partial charge is 0.267 e. The normalized spacial score (nSPS) is 11.0. The van der Waals surface area contributed by atoms with E-state index in [1.165, 1.54) is 11.3 Å². The molecule has 0 aliphatic heterocycles. The zero-order valence-electron chi connectivity index (χ0n) is 12.8. The summed E-state index contributed by atoms with van der Waals surface area (Å²) in [5.74, 6) is 0.0217. The highest BCUT2D eigenvalue weighted by Crippen LogP contribution is 2.28. The van der Waals surface area contributed by atoms with Gasteiger partial charge in [0.05, 0.1) is 5.69 Å². The minimum Gasteiger partial charge on any atom is -0.321 e. The van der Waals surface area contributed by atoms with Gasteiger partial charge < -0.3 is 9.88 Å². The number of amides is 1. The second kappa shape index (κ2) is 6.56. The zero-order chi connectivity index (χ0) is 16.4. The predicted molar refractivity (Wildman–Crippen MR) is 94.9 cm³/mol. The number of nitrogens with zero attached hydrogens (tertiary/aromatic N) is 2. The van der Waals surface area contributed by atoms with Gasteiger partial charge in [0.2, 0.25) is 0 Å². The average Bonchev–Trinajstić information content (AvgIpc) is 3.18. The van der Waals surface area contributed by atoms with Crippen LogP contribution in [0.2, 0.25) is 5.02 Å². The largest absolute Gasteiger partial charge is 0.321 e. The fourth-order valence-electron chi connectivity index (χ4n) is 2.17. The summed E-state index contributed by atoms with van der Waals surface area (Å²) in [5, 5.41) is 4.33. The summed E-state index contributed by atoms with van der Waals surface area (Å²) in [5.41, 5.74) is 1.52. The molecule has 1 N–H and O–H groups in total. The van der Waals surface area contributed by atoms with Crippen molar-refractivity contribution in [3.05, 3.63) is 64.4 Å². The van der Waals surface area contributed by atoms with Gasteiger partial charge in [-0.2, -0.15) is 0 Å². The predicted octanol–water partition coefficient (Wildman–Crippen LogP) is 4.96. The molecule has 0 aliphatic rings. The molecule has 1 aromatic carbocycles. The van der Waals surface area contributed by atoms with E-state index < -0.39 is 0 Å². The number of anilines is 1.